The Labute approximate surface area is 145 Å². The number of carbonyl (C=O) groups is 1. The Balaban J connectivity index is 2.20. The van der Waals surface area contributed by atoms with E-state index in [9.17, 15) is 4.79 Å². The zero-order valence-electron chi connectivity index (χ0n) is 13.8. The highest BCUT2D eigenvalue weighted by Crippen LogP contribution is 2.31. The van der Waals surface area contributed by atoms with Crippen molar-refractivity contribution >= 4 is 22.9 Å². The number of hydrogen-bond acceptors (Lipinski definition) is 5. The zero-order chi connectivity index (χ0) is 17.8. The summed E-state index contributed by atoms with van der Waals surface area (Å²) < 4.78 is 0. The first kappa shape index (κ1) is 16.4. The number of hydrogen-bond donors (Lipinski definition) is 1. The van der Waals surface area contributed by atoms with Gasteiger partial charge in [0.1, 0.15) is 6.33 Å². The molecule has 0 radical (unpaired) electrons. The summed E-state index contributed by atoms with van der Waals surface area (Å²) in [5.41, 5.74) is 2.72. The number of carbonyl (C=O) groups excluding carboxylic acids is 1. The summed E-state index contributed by atoms with van der Waals surface area (Å²) in [4.78, 5) is 26.2. The van der Waals surface area contributed by atoms with E-state index in [0.29, 0.717) is 11.4 Å². The summed E-state index contributed by atoms with van der Waals surface area (Å²) >= 11 is 0. The van der Waals surface area contributed by atoms with Crippen molar-refractivity contribution in [3.05, 3.63) is 67.2 Å². The van der Waals surface area contributed by atoms with Gasteiger partial charge in [0.2, 0.25) is 5.91 Å². The molecule has 3 rings (SSSR count). The van der Waals surface area contributed by atoms with E-state index in [1.165, 1.54) is 18.2 Å². The molecule has 25 heavy (non-hydrogen) atoms. The highest BCUT2D eigenvalue weighted by atomic mass is 16.2. The fraction of sp³-hybridized carbons (Fsp3) is 0.105. The average molecular weight is 331 g/mol. The zero-order valence-corrected chi connectivity index (χ0v) is 13.8. The minimum absolute atomic E-state index is 0.196. The first-order valence-electron chi connectivity index (χ1n) is 7.71. The normalized spacial score (nSPS) is 10.4. The van der Waals surface area contributed by atoms with Gasteiger partial charge in [-0.25, -0.2) is 9.97 Å². The predicted octanol–water partition coefficient (Wildman–Crippen LogP) is 3.20. The van der Waals surface area contributed by atoms with Crippen molar-refractivity contribution in [3.63, 3.8) is 0 Å². The van der Waals surface area contributed by atoms with E-state index in [4.69, 9.17) is 5.41 Å². The molecule has 6 nitrogen and oxygen atoms in total. The number of nitrogens with zero attached hydrogens (tertiary/aromatic N) is 4. The number of allylic oxidation sites excluding steroid dienone is 1. The molecule has 0 aliphatic heterocycles. The summed E-state index contributed by atoms with van der Waals surface area (Å²) in [6.07, 6.45) is 7.77. The molecular weight excluding hydrogens is 314 g/mol. The van der Waals surface area contributed by atoms with Crippen LogP contribution in [-0.4, -0.2) is 32.0 Å². The third-order valence-electron chi connectivity index (χ3n) is 3.93. The SMILES string of the molecule is C=C(C=N)N(Cc1ncc2ccccc2c1-c1cncnc1)C(C)=O. The topological polar surface area (TPSA) is 82.8 Å². The van der Waals surface area contributed by atoms with Gasteiger partial charge in [-0.3, -0.25) is 9.78 Å². The Kier molecular flexibility index (Phi) is 4.61. The van der Waals surface area contributed by atoms with Crippen molar-refractivity contribution in [2.75, 3.05) is 0 Å². The maximum Gasteiger partial charge on any atom is 0.224 e. The molecule has 0 atom stereocenters. The summed E-state index contributed by atoms with van der Waals surface area (Å²) in [6.45, 7) is 5.43. The van der Waals surface area contributed by atoms with Crippen molar-refractivity contribution in [1.29, 1.82) is 5.41 Å². The van der Waals surface area contributed by atoms with Crippen LogP contribution in [0.25, 0.3) is 21.9 Å². The third-order valence-corrected chi connectivity index (χ3v) is 3.93. The van der Waals surface area contributed by atoms with Crippen LogP contribution in [0, 0.1) is 5.41 Å². The van der Waals surface area contributed by atoms with Crippen molar-refractivity contribution in [2.24, 2.45) is 0 Å². The highest BCUT2D eigenvalue weighted by molar-refractivity contribution is 5.97. The van der Waals surface area contributed by atoms with Crippen LogP contribution in [0.2, 0.25) is 0 Å². The van der Waals surface area contributed by atoms with E-state index in [-0.39, 0.29) is 12.5 Å². The molecule has 0 fully saturated rings. The maximum absolute atomic E-state index is 12.0. The molecule has 0 aliphatic rings. The Hall–Kier alpha value is -3.41. The monoisotopic (exact) mass is 331 g/mol. The summed E-state index contributed by atoms with van der Waals surface area (Å²) in [5, 5.41) is 9.39. The number of benzene rings is 1. The van der Waals surface area contributed by atoms with Gasteiger partial charge in [-0.2, -0.15) is 0 Å². The van der Waals surface area contributed by atoms with Gasteiger partial charge < -0.3 is 10.3 Å². The van der Waals surface area contributed by atoms with Gasteiger partial charge >= 0.3 is 0 Å². The van der Waals surface area contributed by atoms with Gasteiger partial charge in [0.05, 0.1) is 17.9 Å². The van der Waals surface area contributed by atoms with Gasteiger partial charge in [0.25, 0.3) is 0 Å². The molecule has 1 N–H and O–H groups in total. The molecule has 3 aromatic rings. The van der Waals surface area contributed by atoms with Crippen LogP contribution < -0.4 is 0 Å². The molecular formula is C19H17N5O. The third kappa shape index (κ3) is 3.28. The second-order valence-corrected chi connectivity index (χ2v) is 5.54. The molecule has 0 saturated heterocycles. The fourth-order valence-corrected chi connectivity index (χ4v) is 2.72. The van der Waals surface area contributed by atoms with Gasteiger partial charge in [-0.15, -0.1) is 0 Å². The largest absolute Gasteiger partial charge is 0.307 e. The standard InChI is InChI=1S/C19H17N5O/c1-13(7-20)24(14(2)25)11-18-19(16-8-21-12-22-9-16)17-6-4-3-5-15(17)10-23-18/h3-10,12,20H,1,11H2,2H3. The molecule has 0 bridgehead atoms. The number of pyridine rings is 1. The summed E-state index contributed by atoms with van der Waals surface area (Å²) in [6, 6.07) is 7.90. The van der Waals surface area contributed by atoms with Crippen molar-refractivity contribution in [3.8, 4) is 11.1 Å². The number of amides is 1. The van der Waals surface area contributed by atoms with Crippen molar-refractivity contribution in [1.82, 2.24) is 19.9 Å². The quantitative estimate of drug-likeness (QED) is 0.728. The van der Waals surface area contributed by atoms with E-state index in [2.05, 4.69) is 21.5 Å². The summed E-state index contributed by atoms with van der Waals surface area (Å²) in [7, 11) is 0. The highest BCUT2D eigenvalue weighted by Gasteiger charge is 2.18. The van der Waals surface area contributed by atoms with Crippen LogP contribution in [0.4, 0.5) is 0 Å². The first-order valence-corrected chi connectivity index (χ1v) is 7.71. The number of fused-ring (bicyclic) bond motifs is 1. The molecule has 6 heteroatoms. The molecule has 0 unspecified atom stereocenters. The Morgan fingerprint density at radius 3 is 2.64 bits per heavy atom. The molecule has 0 aliphatic carbocycles. The molecule has 0 saturated carbocycles. The van der Waals surface area contributed by atoms with Crippen LogP contribution in [0.1, 0.15) is 12.6 Å². The molecule has 1 aromatic carbocycles. The van der Waals surface area contributed by atoms with Crippen LogP contribution >= 0.6 is 0 Å². The van der Waals surface area contributed by atoms with Gasteiger partial charge in [-0.1, -0.05) is 30.8 Å². The van der Waals surface area contributed by atoms with Crippen LogP contribution in [-0.2, 0) is 11.3 Å². The van der Waals surface area contributed by atoms with E-state index in [1.807, 2.05) is 24.3 Å². The van der Waals surface area contributed by atoms with Gasteiger partial charge in [0.15, 0.2) is 0 Å². The van der Waals surface area contributed by atoms with Crippen LogP contribution in [0.15, 0.2) is 61.5 Å². The fourth-order valence-electron chi connectivity index (χ4n) is 2.72. The second kappa shape index (κ2) is 7.00. The lowest BCUT2D eigenvalue weighted by molar-refractivity contribution is -0.127. The first-order chi connectivity index (χ1) is 12.1. The lowest BCUT2D eigenvalue weighted by Gasteiger charge is -2.22. The van der Waals surface area contributed by atoms with E-state index in [0.717, 1.165) is 28.1 Å². The van der Waals surface area contributed by atoms with Crippen molar-refractivity contribution in [2.45, 2.75) is 13.5 Å². The molecule has 2 heterocycles. The van der Waals surface area contributed by atoms with E-state index in [1.54, 1.807) is 18.6 Å². The number of nitrogens with one attached hydrogen (secondary N) is 1. The minimum Gasteiger partial charge on any atom is -0.307 e. The second-order valence-electron chi connectivity index (χ2n) is 5.54. The van der Waals surface area contributed by atoms with Gasteiger partial charge in [-0.05, 0) is 5.39 Å². The molecule has 124 valence electrons. The molecule has 0 spiro atoms. The minimum atomic E-state index is -0.196. The number of rotatable bonds is 5. The van der Waals surface area contributed by atoms with Crippen molar-refractivity contribution < 1.29 is 4.79 Å². The molecule has 2 aromatic heterocycles. The van der Waals surface area contributed by atoms with E-state index < -0.39 is 0 Å². The number of aromatic nitrogens is 3. The van der Waals surface area contributed by atoms with Gasteiger partial charge in [0, 0.05) is 48.2 Å². The average Bonchev–Trinajstić information content (AvgIpc) is 2.65. The maximum atomic E-state index is 12.0. The predicted molar refractivity (Wildman–Crippen MR) is 96.9 cm³/mol. The lowest BCUT2D eigenvalue weighted by Crippen LogP contribution is -2.28. The Morgan fingerprint density at radius 2 is 1.96 bits per heavy atom. The lowest BCUT2D eigenvalue weighted by atomic mass is 9.99. The summed E-state index contributed by atoms with van der Waals surface area (Å²) in [5.74, 6) is -0.196. The Bertz CT molecular complexity index is 952. The van der Waals surface area contributed by atoms with Crippen LogP contribution in [0.5, 0.6) is 0 Å². The molecule has 1 amide bonds. The Morgan fingerprint density at radius 1 is 1.24 bits per heavy atom. The van der Waals surface area contributed by atoms with E-state index >= 15 is 0 Å². The van der Waals surface area contributed by atoms with Crippen LogP contribution in [0.3, 0.4) is 0 Å². The smallest absolute Gasteiger partial charge is 0.224 e.